The van der Waals surface area contributed by atoms with Crippen LogP contribution in [-0.4, -0.2) is 12.5 Å². The number of carbonyl (C=O) groups excluding carboxylic acids is 1. The number of unbranched alkanes of at least 4 members (excludes halogenated alkanes) is 1. The van der Waals surface area contributed by atoms with Crippen LogP contribution in [0.1, 0.15) is 55.5 Å². The van der Waals surface area contributed by atoms with E-state index < -0.39 is 0 Å². The highest BCUT2D eigenvalue weighted by molar-refractivity contribution is 9.10. The summed E-state index contributed by atoms with van der Waals surface area (Å²) in [6.07, 6.45) is 4.79. The molecular weight excluding hydrogens is 302 g/mol. The van der Waals surface area contributed by atoms with E-state index in [4.69, 9.17) is 0 Å². The first-order valence-electron chi connectivity index (χ1n) is 7.12. The van der Waals surface area contributed by atoms with Crippen LogP contribution >= 0.6 is 15.9 Å². The van der Waals surface area contributed by atoms with Crippen molar-refractivity contribution in [3.8, 4) is 0 Å². The number of benzene rings is 1. The fourth-order valence-electron chi connectivity index (χ4n) is 2.07. The van der Waals surface area contributed by atoms with Crippen molar-refractivity contribution in [1.82, 2.24) is 5.32 Å². The molecule has 0 fully saturated rings. The number of hydrogen-bond donors (Lipinski definition) is 1. The Kier molecular flexibility index (Phi) is 7.14. The van der Waals surface area contributed by atoms with Gasteiger partial charge in [0.2, 0.25) is 0 Å². The zero-order chi connectivity index (χ0) is 14.3. The molecule has 0 aromatic heterocycles. The Morgan fingerprint density at radius 2 is 2.11 bits per heavy atom. The molecule has 0 radical (unpaired) electrons. The van der Waals surface area contributed by atoms with Gasteiger partial charge in [0.25, 0.3) is 5.91 Å². The summed E-state index contributed by atoms with van der Waals surface area (Å²) >= 11 is 3.45. The van der Waals surface area contributed by atoms with Crippen molar-refractivity contribution in [2.45, 2.75) is 46.5 Å². The monoisotopic (exact) mass is 325 g/mol. The molecule has 0 aliphatic carbocycles. The average Bonchev–Trinajstić information content (AvgIpc) is 2.41. The maximum Gasteiger partial charge on any atom is 0.251 e. The third-order valence-electron chi connectivity index (χ3n) is 3.51. The Labute approximate surface area is 125 Å². The molecule has 0 heterocycles. The first-order chi connectivity index (χ1) is 9.08. The van der Waals surface area contributed by atoms with Crippen LogP contribution in [0.5, 0.6) is 0 Å². The lowest BCUT2D eigenvalue weighted by atomic mass is 9.99. The molecule has 1 aromatic rings. The summed E-state index contributed by atoms with van der Waals surface area (Å²) in [6.45, 7) is 7.17. The molecule has 0 spiro atoms. The summed E-state index contributed by atoms with van der Waals surface area (Å²) < 4.78 is 1.04. The van der Waals surface area contributed by atoms with E-state index in [0.717, 1.165) is 28.6 Å². The molecule has 106 valence electrons. The molecule has 1 rings (SSSR count). The van der Waals surface area contributed by atoms with Gasteiger partial charge in [-0.05, 0) is 43.0 Å². The van der Waals surface area contributed by atoms with Gasteiger partial charge in [0.15, 0.2) is 0 Å². The lowest BCUT2D eigenvalue weighted by Crippen LogP contribution is -2.29. The van der Waals surface area contributed by atoms with Crippen molar-refractivity contribution in [2.24, 2.45) is 5.92 Å². The average molecular weight is 326 g/mol. The maximum absolute atomic E-state index is 12.1. The molecule has 1 N–H and O–H groups in total. The van der Waals surface area contributed by atoms with Crippen molar-refractivity contribution in [1.29, 1.82) is 0 Å². The number of carbonyl (C=O) groups is 1. The third kappa shape index (κ3) is 5.35. The zero-order valence-electron chi connectivity index (χ0n) is 12.1. The second-order valence-corrected chi connectivity index (χ2v) is 5.94. The highest BCUT2D eigenvalue weighted by Gasteiger charge is 2.10. The van der Waals surface area contributed by atoms with Gasteiger partial charge < -0.3 is 5.32 Å². The number of nitrogens with one attached hydrogen (secondary N) is 1. The van der Waals surface area contributed by atoms with E-state index in [2.05, 4.69) is 35.1 Å². The molecule has 1 atom stereocenters. The van der Waals surface area contributed by atoms with E-state index in [9.17, 15) is 4.79 Å². The first-order valence-corrected chi connectivity index (χ1v) is 7.92. The van der Waals surface area contributed by atoms with Crippen molar-refractivity contribution < 1.29 is 4.79 Å². The van der Waals surface area contributed by atoms with E-state index in [1.54, 1.807) is 0 Å². The standard InChI is InChI=1S/C16H24BrNO/c1-4-6-7-13(5-2)11-18-16(19)14-8-9-15(17)12(3)10-14/h8-10,13H,4-7,11H2,1-3H3,(H,18,19). The van der Waals surface area contributed by atoms with Gasteiger partial charge in [-0.1, -0.05) is 49.0 Å². The predicted octanol–water partition coefficient (Wildman–Crippen LogP) is 4.70. The van der Waals surface area contributed by atoms with E-state index in [0.29, 0.717) is 5.92 Å². The summed E-state index contributed by atoms with van der Waals surface area (Å²) in [6, 6.07) is 5.71. The van der Waals surface area contributed by atoms with Crippen LogP contribution in [0.3, 0.4) is 0 Å². The lowest BCUT2D eigenvalue weighted by Gasteiger charge is -2.15. The second-order valence-electron chi connectivity index (χ2n) is 5.09. The van der Waals surface area contributed by atoms with Crippen LogP contribution in [0.25, 0.3) is 0 Å². The molecule has 0 saturated heterocycles. The summed E-state index contributed by atoms with van der Waals surface area (Å²) in [5, 5.41) is 3.05. The van der Waals surface area contributed by atoms with Crippen LogP contribution < -0.4 is 5.32 Å². The first kappa shape index (κ1) is 16.2. The van der Waals surface area contributed by atoms with Gasteiger partial charge in [0.05, 0.1) is 0 Å². The zero-order valence-corrected chi connectivity index (χ0v) is 13.7. The molecule has 3 heteroatoms. The summed E-state index contributed by atoms with van der Waals surface area (Å²) in [5.41, 5.74) is 1.83. The minimum atomic E-state index is 0.0329. The van der Waals surface area contributed by atoms with Gasteiger partial charge in [-0.15, -0.1) is 0 Å². The fraction of sp³-hybridized carbons (Fsp3) is 0.562. The van der Waals surface area contributed by atoms with Crippen LogP contribution in [-0.2, 0) is 0 Å². The Morgan fingerprint density at radius 1 is 1.37 bits per heavy atom. The maximum atomic E-state index is 12.1. The smallest absolute Gasteiger partial charge is 0.251 e. The van der Waals surface area contributed by atoms with Crippen LogP contribution in [0.4, 0.5) is 0 Å². The number of halogens is 1. The molecule has 1 amide bonds. The summed E-state index contributed by atoms with van der Waals surface area (Å²) in [4.78, 5) is 12.1. The van der Waals surface area contributed by atoms with E-state index >= 15 is 0 Å². The minimum absolute atomic E-state index is 0.0329. The molecule has 0 bridgehead atoms. The van der Waals surface area contributed by atoms with Crippen molar-refractivity contribution in [3.63, 3.8) is 0 Å². The van der Waals surface area contributed by atoms with Crippen LogP contribution in [0.2, 0.25) is 0 Å². The van der Waals surface area contributed by atoms with Gasteiger partial charge in [-0.25, -0.2) is 0 Å². The molecule has 19 heavy (non-hydrogen) atoms. The SMILES string of the molecule is CCCCC(CC)CNC(=O)c1ccc(Br)c(C)c1. The number of amides is 1. The number of rotatable bonds is 7. The van der Waals surface area contributed by atoms with E-state index in [1.807, 2.05) is 25.1 Å². The Bertz CT molecular complexity index is 417. The summed E-state index contributed by atoms with van der Waals surface area (Å²) in [5.74, 6) is 0.631. The Morgan fingerprint density at radius 3 is 2.68 bits per heavy atom. The van der Waals surface area contributed by atoms with Crippen LogP contribution in [0, 0.1) is 12.8 Å². The molecule has 0 aliphatic heterocycles. The van der Waals surface area contributed by atoms with E-state index in [1.165, 1.54) is 19.3 Å². The van der Waals surface area contributed by atoms with Crippen LogP contribution in [0.15, 0.2) is 22.7 Å². The molecule has 0 saturated carbocycles. The van der Waals surface area contributed by atoms with Gasteiger partial charge >= 0.3 is 0 Å². The van der Waals surface area contributed by atoms with Gasteiger partial charge in [0.1, 0.15) is 0 Å². The van der Waals surface area contributed by atoms with Gasteiger partial charge in [0, 0.05) is 16.6 Å². The lowest BCUT2D eigenvalue weighted by molar-refractivity contribution is 0.0945. The minimum Gasteiger partial charge on any atom is -0.352 e. The molecule has 1 unspecified atom stereocenters. The fourth-order valence-corrected chi connectivity index (χ4v) is 2.31. The van der Waals surface area contributed by atoms with Crippen molar-refractivity contribution in [2.75, 3.05) is 6.54 Å². The number of aryl methyl sites for hydroxylation is 1. The third-order valence-corrected chi connectivity index (χ3v) is 4.40. The van der Waals surface area contributed by atoms with Gasteiger partial charge in [-0.3, -0.25) is 4.79 Å². The second kappa shape index (κ2) is 8.36. The predicted molar refractivity (Wildman–Crippen MR) is 84.5 cm³/mol. The highest BCUT2D eigenvalue weighted by Crippen LogP contribution is 2.17. The normalized spacial score (nSPS) is 12.2. The largest absolute Gasteiger partial charge is 0.352 e. The Hall–Kier alpha value is -0.830. The summed E-state index contributed by atoms with van der Waals surface area (Å²) in [7, 11) is 0. The quantitative estimate of drug-likeness (QED) is 0.773. The molecular formula is C16H24BrNO. The van der Waals surface area contributed by atoms with Crippen molar-refractivity contribution in [3.05, 3.63) is 33.8 Å². The molecule has 2 nitrogen and oxygen atoms in total. The topological polar surface area (TPSA) is 29.1 Å². The molecule has 1 aromatic carbocycles. The molecule has 0 aliphatic rings. The van der Waals surface area contributed by atoms with E-state index in [-0.39, 0.29) is 5.91 Å². The Balaban J connectivity index is 2.52. The van der Waals surface area contributed by atoms with Crippen molar-refractivity contribution >= 4 is 21.8 Å². The highest BCUT2D eigenvalue weighted by atomic mass is 79.9. The van der Waals surface area contributed by atoms with Gasteiger partial charge in [-0.2, -0.15) is 0 Å². The number of hydrogen-bond acceptors (Lipinski definition) is 1.